The van der Waals surface area contributed by atoms with Gasteiger partial charge in [-0.15, -0.1) is 10.2 Å². The predicted molar refractivity (Wildman–Crippen MR) is 58.1 cm³/mol. The van der Waals surface area contributed by atoms with E-state index in [0.29, 0.717) is 17.9 Å². The molecule has 90 valence electrons. The van der Waals surface area contributed by atoms with Gasteiger partial charge in [0.05, 0.1) is 5.56 Å². The lowest BCUT2D eigenvalue weighted by Gasteiger charge is -2.07. The van der Waals surface area contributed by atoms with Crippen molar-refractivity contribution in [1.82, 2.24) is 20.6 Å². The van der Waals surface area contributed by atoms with Crippen molar-refractivity contribution in [3.63, 3.8) is 0 Å². The number of aromatic nitrogens is 4. The van der Waals surface area contributed by atoms with E-state index >= 15 is 0 Å². The van der Waals surface area contributed by atoms with Gasteiger partial charge >= 0.3 is 0 Å². The first-order chi connectivity index (χ1) is 8.08. The standard InChI is InChI=1S/C11H12F2N4/c1-6(2)3-7-4-8(12)10(9(13)5-7)11-14-16-17-15-11/h4-6H,3H2,1-2H3,(H,14,15,16,17). The van der Waals surface area contributed by atoms with Gasteiger partial charge in [0.2, 0.25) is 5.82 Å². The highest BCUT2D eigenvalue weighted by Gasteiger charge is 2.17. The monoisotopic (exact) mass is 238 g/mol. The second kappa shape index (κ2) is 4.57. The number of rotatable bonds is 3. The summed E-state index contributed by atoms with van der Waals surface area (Å²) in [5.74, 6) is -1.06. The van der Waals surface area contributed by atoms with Crippen molar-refractivity contribution < 1.29 is 8.78 Å². The fraction of sp³-hybridized carbons (Fsp3) is 0.364. The maximum atomic E-state index is 13.8. The second-order valence-corrected chi connectivity index (χ2v) is 4.27. The van der Waals surface area contributed by atoms with E-state index in [9.17, 15) is 8.78 Å². The molecule has 0 aliphatic carbocycles. The molecule has 0 fully saturated rings. The topological polar surface area (TPSA) is 54.5 Å². The van der Waals surface area contributed by atoms with E-state index in [2.05, 4.69) is 20.6 Å². The lowest BCUT2D eigenvalue weighted by Crippen LogP contribution is -1.99. The van der Waals surface area contributed by atoms with Crippen molar-refractivity contribution >= 4 is 0 Å². The summed E-state index contributed by atoms with van der Waals surface area (Å²) in [7, 11) is 0. The third-order valence-electron chi connectivity index (χ3n) is 2.31. The van der Waals surface area contributed by atoms with Crippen LogP contribution in [-0.4, -0.2) is 20.6 Å². The summed E-state index contributed by atoms with van der Waals surface area (Å²) in [6.07, 6.45) is 0.625. The highest BCUT2D eigenvalue weighted by atomic mass is 19.1. The number of tetrazole rings is 1. The first-order valence-electron chi connectivity index (χ1n) is 5.29. The molecule has 0 amide bonds. The van der Waals surface area contributed by atoms with Crippen molar-refractivity contribution in [2.45, 2.75) is 20.3 Å². The molecule has 0 saturated carbocycles. The van der Waals surface area contributed by atoms with Gasteiger partial charge in [-0.3, -0.25) is 0 Å². The third kappa shape index (κ3) is 2.46. The zero-order chi connectivity index (χ0) is 12.4. The van der Waals surface area contributed by atoms with Crippen molar-refractivity contribution in [2.75, 3.05) is 0 Å². The van der Waals surface area contributed by atoms with Gasteiger partial charge in [0.25, 0.3) is 0 Å². The van der Waals surface area contributed by atoms with Crippen LogP contribution in [0.5, 0.6) is 0 Å². The number of H-pyrrole nitrogens is 1. The van der Waals surface area contributed by atoms with Crippen molar-refractivity contribution in [2.24, 2.45) is 5.92 Å². The Labute approximate surface area is 97.1 Å². The van der Waals surface area contributed by atoms with Gasteiger partial charge in [0.15, 0.2) is 0 Å². The van der Waals surface area contributed by atoms with Gasteiger partial charge in [-0.1, -0.05) is 13.8 Å². The van der Waals surface area contributed by atoms with Crippen LogP contribution in [0.1, 0.15) is 19.4 Å². The summed E-state index contributed by atoms with van der Waals surface area (Å²) in [5, 5.41) is 12.6. The molecule has 6 heteroatoms. The molecule has 0 bridgehead atoms. The molecule has 1 aromatic heterocycles. The van der Waals surface area contributed by atoms with Crippen molar-refractivity contribution in [3.05, 3.63) is 29.3 Å². The maximum Gasteiger partial charge on any atom is 0.210 e. The number of nitrogens with zero attached hydrogens (tertiary/aromatic N) is 3. The van der Waals surface area contributed by atoms with Gasteiger partial charge in [-0.25, -0.2) is 8.78 Å². The minimum atomic E-state index is -0.665. The van der Waals surface area contributed by atoms with E-state index in [1.807, 2.05) is 13.8 Å². The molecule has 1 N–H and O–H groups in total. The molecule has 1 aromatic carbocycles. The molecular formula is C11H12F2N4. The van der Waals surface area contributed by atoms with E-state index in [4.69, 9.17) is 0 Å². The van der Waals surface area contributed by atoms with Crippen LogP contribution in [0.3, 0.4) is 0 Å². The normalized spacial score (nSPS) is 11.1. The highest BCUT2D eigenvalue weighted by Crippen LogP contribution is 2.24. The van der Waals surface area contributed by atoms with Crippen LogP contribution in [0.15, 0.2) is 12.1 Å². The Hall–Kier alpha value is -1.85. The Morgan fingerprint density at radius 2 is 1.88 bits per heavy atom. The Balaban J connectivity index is 2.43. The van der Waals surface area contributed by atoms with Crippen molar-refractivity contribution in [3.8, 4) is 11.4 Å². The Morgan fingerprint density at radius 1 is 1.24 bits per heavy atom. The van der Waals surface area contributed by atoms with Crippen LogP contribution >= 0.6 is 0 Å². The van der Waals surface area contributed by atoms with Gasteiger partial charge < -0.3 is 0 Å². The fourth-order valence-corrected chi connectivity index (χ4v) is 1.70. The first kappa shape index (κ1) is 11.6. The Bertz CT molecular complexity index is 485. The molecule has 4 nitrogen and oxygen atoms in total. The molecular weight excluding hydrogens is 226 g/mol. The molecule has 0 unspecified atom stereocenters. The fourth-order valence-electron chi connectivity index (χ4n) is 1.70. The number of halogens is 2. The largest absolute Gasteiger partial charge is 0.210 e. The van der Waals surface area contributed by atoms with Crippen LogP contribution in [0, 0.1) is 17.6 Å². The quantitative estimate of drug-likeness (QED) is 0.892. The lowest BCUT2D eigenvalue weighted by molar-refractivity contribution is 0.575. The Morgan fingerprint density at radius 3 is 2.35 bits per heavy atom. The summed E-state index contributed by atoms with van der Waals surface area (Å²) < 4.78 is 27.5. The van der Waals surface area contributed by atoms with Crippen LogP contribution in [0.2, 0.25) is 0 Å². The summed E-state index contributed by atoms with van der Waals surface area (Å²) in [6.45, 7) is 3.98. The zero-order valence-electron chi connectivity index (χ0n) is 9.54. The van der Waals surface area contributed by atoms with Crippen LogP contribution in [0.4, 0.5) is 8.78 Å². The van der Waals surface area contributed by atoms with E-state index in [1.165, 1.54) is 12.1 Å². The summed E-state index contributed by atoms with van der Waals surface area (Å²) in [4.78, 5) is 0. The minimum Gasteiger partial charge on any atom is -0.206 e. The molecule has 0 aliphatic heterocycles. The molecule has 1 heterocycles. The summed E-state index contributed by atoms with van der Waals surface area (Å²) >= 11 is 0. The highest BCUT2D eigenvalue weighted by molar-refractivity contribution is 5.56. The molecule has 2 rings (SSSR count). The molecule has 0 saturated heterocycles. The lowest BCUT2D eigenvalue weighted by atomic mass is 10.0. The van der Waals surface area contributed by atoms with Gasteiger partial charge in [-0.2, -0.15) is 5.21 Å². The zero-order valence-corrected chi connectivity index (χ0v) is 9.54. The van der Waals surface area contributed by atoms with Crippen LogP contribution in [-0.2, 0) is 6.42 Å². The molecule has 0 atom stereocenters. The van der Waals surface area contributed by atoms with E-state index in [-0.39, 0.29) is 11.4 Å². The number of benzene rings is 1. The van der Waals surface area contributed by atoms with Gasteiger partial charge in [0, 0.05) is 0 Å². The third-order valence-corrected chi connectivity index (χ3v) is 2.31. The number of nitrogens with one attached hydrogen (secondary N) is 1. The smallest absolute Gasteiger partial charge is 0.206 e. The average Bonchev–Trinajstić information content (AvgIpc) is 2.68. The SMILES string of the molecule is CC(C)Cc1cc(F)c(-c2nn[nH]n2)c(F)c1. The molecule has 2 aromatic rings. The van der Waals surface area contributed by atoms with Gasteiger partial charge in [-0.05, 0) is 35.2 Å². The first-order valence-corrected chi connectivity index (χ1v) is 5.29. The number of hydrogen-bond donors (Lipinski definition) is 1. The molecule has 17 heavy (non-hydrogen) atoms. The van der Waals surface area contributed by atoms with Gasteiger partial charge in [0.1, 0.15) is 11.6 Å². The number of hydrogen-bond acceptors (Lipinski definition) is 3. The van der Waals surface area contributed by atoms with E-state index in [0.717, 1.165) is 0 Å². The molecule has 0 spiro atoms. The van der Waals surface area contributed by atoms with Crippen LogP contribution in [0.25, 0.3) is 11.4 Å². The minimum absolute atomic E-state index is 0.0731. The van der Waals surface area contributed by atoms with Crippen molar-refractivity contribution in [1.29, 1.82) is 0 Å². The van der Waals surface area contributed by atoms with E-state index < -0.39 is 11.6 Å². The predicted octanol–water partition coefficient (Wildman–Crippen LogP) is 2.34. The maximum absolute atomic E-state index is 13.8. The van der Waals surface area contributed by atoms with E-state index in [1.54, 1.807) is 0 Å². The molecule has 0 radical (unpaired) electrons. The Kier molecular flexibility index (Phi) is 3.12. The summed E-state index contributed by atoms with van der Waals surface area (Å²) in [6, 6.07) is 2.63. The average molecular weight is 238 g/mol. The van der Waals surface area contributed by atoms with Crippen LogP contribution < -0.4 is 0 Å². The second-order valence-electron chi connectivity index (χ2n) is 4.27. The summed E-state index contributed by atoms with van der Waals surface area (Å²) in [5.41, 5.74) is 0.383. The molecule has 0 aliphatic rings. The number of aromatic amines is 1.